The van der Waals surface area contributed by atoms with Crippen LogP contribution in [0.4, 0.5) is 4.79 Å². The third kappa shape index (κ3) is 5.83. The highest BCUT2D eigenvalue weighted by molar-refractivity contribution is 6.44. The first-order chi connectivity index (χ1) is 5.20. The topological polar surface area (TPSA) is 73.6 Å². The summed E-state index contributed by atoms with van der Waals surface area (Å²) in [6, 6.07) is 0.223. The summed E-state index contributed by atoms with van der Waals surface area (Å²) in [7, 11) is 1.68. The fraction of sp³-hybridized carbons (Fsp3) is 0.800. The molecule has 0 aromatic rings. The van der Waals surface area contributed by atoms with Gasteiger partial charge in [0.1, 0.15) is 0 Å². The molecule has 0 spiro atoms. The largest absolute Gasteiger partial charge is 0.400 e. The van der Waals surface area contributed by atoms with Crippen LogP contribution in [0.1, 0.15) is 0 Å². The molecule has 0 aromatic heterocycles. The van der Waals surface area contributed by atoms with Crippen molar-refractivity contribution in [3.63, 3.8) is 0 Å². The average Bonchev–Trinajstić information content (AvgIpc) is 1.98. The van der Waals surface area contributed by atoms with Crippen LogP contribution in [-0.2, 0) is 8.85 Å². The molecule has 0 aliphatic carbocycles. The lowest BCUT2D eigenvalue weighted by atomic mass is 10.7. The van der Waals surface area contributed by atoms with Crippen molar-refractivity contribution in [1.82, 2.24) is 5.32 Å². The molecule has 0 atom stereocenters. The van der Waals surface area contributed by atoms with Crippen LogP contribution in [0.3, 0.4) is 0 Å². The van der Waals surface area contributed by atoms with E-state index in [-0.39, 0.29) is 0 Å². The summed E-state index contributed by atoms with van der Waals surface area (Å²) in [5, 5.41) is 2.46. The molecule has 0 bridgehead atoms. The van der Waals surface area contributed by atoms with Gasteiger partial charge in [0.15, 0.2) is 0 Å². The molecule has 0 rings (SSSR count). The van der Waals surface area contributed by atoms with Crippen molar-refractivity contribution in [3.8, 4) is 0 Å². The van der Waals surface area contributed by atoms with Gasteiger partial charge < -0.3 is 19.9 Å². The van der Waals surface area contributed by atoms with Crippen molar-refractivity contribution in [1.29, 1.82) is 0 Å². The lowest BCUT2D eigenvalue weighted by Gasteiger charge is -2.09. The van der Waals surface area contributed by atoms with E-state index in [1.807, 2.05) is 0 Å². The van der Waals surface area contributed by atoms with Gasteiger partial charge in [0.2, 0.25) is 0 Å². The Morgan fingerprint density at radius 1 is 1.55 bits per heavy atom. The summed E-state index contributed by atoms with van der Waals surface area (Å²) >= 11 is 0. The second kappa shape index (κ2) is 6.14. The Balaban J connectivity index is 3.28. The van der Waals surface area contributed by atoms with Crippen LogP contribution in [0.5, 0.6) is 0 Å². The normalized spacial score (nSPS) is 10.1. The number of hydrogen-bond donors (Lipinski definition) is 2. The van der Waals surface area contributed by atoms with Gasteiger partial charge in [-0.3, -0.25) is 0 Å². The molecule has 5 nitrogen and oxygen atoms in total. The lowest BCUT2D eigenvalue weighted by Crippen LogP contribution is -2.33. The molecule has 0 aliphatic heterocycles. The summed E-state index contributed by atoms with van der Waals surface area (Å²) in [5.41, 5.74) is 4.85. The second-order valence-electron chi connectivity index (χ2n) is 1.98. The zero-order chi connectivity index (χ0) is 8.69. The van der Waals surface area contributed by atoms with Crippen LogP contribution in [0.2, 0.25) is 6.04 Å². The number of nitrogens with two attached hydrogens (primary N) is 1. The highest BCUT2D eigenvalue weighted by Gasteiger charge is 2.08. The Bertz CT molecular complexity index is 118. The van der Waals surface area contributed by atoms with Gasteiger partial charge in [0.25, 0.3) is 0 Å². The second-order valence-corrected chi connectivity index (χ2v) is 4.36. The number of carbonyl (C=O) groups excluding carboxylic acids is 1. The van der Waals surface area contributed by atoms with Crippen molar-refractivity contribution in [3.05, 3.63) is 0 Å². The van der Waals surface area contributed by atoms with Gasteiger partial charge in [0.05, 0.1) is 0 Å². The van der Waals surface area contributed by atoms with Crippen LogP contribution in [0, 0.1) is 0 Å². The van der Waals surface area contributed by atoms with Crippen LogP contribution < -0.4 is 11.1 Å². The van der Waals surface area contributed by atoms with Crippen molar-refractivity contribution in [2.45, 2.75) is 6.04 Å². The van der Waals surface area contributed by atoms with Crippen LogP contribution in [0.15, 0.2) is 0 Å². The number of amides is 2. The Morgan fingerprint density at radius 3 is 2.45 bits per heavy atom. The summed E-state index contributed by atoms with van der Waals surface area (Å²) in [4.78, 5) is 10.2. The molecule has 0 fully saturated rings. The number of carbonyl (C=O) groups is 1. The minimum atomic E-state index is -1.52. The summed E-state index contributed by atoms with van der Waals surface area (Å²) < 4.78 is 10.0. The zero-order valence-corrected chi connectivity index (χ0v) is 7.95. The Kier molecular flexibility index (Phi) is 5.81. The van der Waals surface area contributed by atoms with E-state index in [0.29, 0.717) is 6.54 Å². The molecule has 11 heavy (non-hydrogen) atoms. The molecular formula is C5H14N2O3Si. The predicted octanol–water partition coefficient (Wildman–Crippen LogP) is -0.832. The molecule has 6 heteroatoms. The van der Waals surface area contributed by atoms with Gasteiger partial charge in [-0.05, 0) is 0 Å². The predicted molar refractivity (Wildman–Crippen MR) is 43.6 cm³/mol. The van der Waals surface area contributed by atoms with E-state index in [9.17, 15) is 4.79 Å². The van der Waals surface area contributed by atoms with Gasteiger partial charge in [-0.25, -0.2) is 4.79 Å². The van der Waals surface area contributed by atoms with Gasteiger partial charge in [-0.15, -0.1) is 0 Å². The minimum absolute atomic E-state index is 0.509. The maximum absolute atomic E-state index is 10.2. The molecule has 2 amide bonds. The van der Waals surface area contributed by atoms with Crippen LogP contribution >= 0.6 is 0 Å². The smallest absolute Gasteiger partial charge is 0.322 e. The first kappa shape index (κ1) is 10.4. The van der Waals surface area contributed by atoms with Crippen molar-refractivity contribution >= 4 is 15.3 Å². The number of hydrogen-bond acceptors (Lipinski definition) is 3. The molecule has 0 saturated heterocycles. The van der Waals surface area contributed by atoms with E-state index in [0.717, 1.165) is 6.04 Å². The maximum Gasteiger partial charge on any atom is 0.322 e. The molecule has 0 radical (unpaired) electrons. The first-order valence-electron chi connectivity index (χ1n) is 3.29. The quantitative estimate of drug-likeness (QED) is 0.540. The SMILES string of the molecule is CO[SiH](CCNC(N)=O)OC. The third-order valence-electron chi connectivity index (χ3n) is 1.21. The van der Waals surface area contributed by atoms with Gasteiger partial charge in [-0.2, -0.15) is 0 Å². The minimum Gasteiger partial charge on any atom is -0.400 e. The van der Waals surface area contributed by atoms with Crippen LogP contribution in [0.25, 0.3) is 0 Å². The third-order valence-corrected chi connectivity index (χ3v) is 3.02. The Morgan fingerprint density at radius 2 is 2.09 bits per heavy atom. The van der Waals surface area contributed by atoms with Gasteiger partial charge >= 0.3 is 15.3 Å². The first-order valence-corrected chi connectivity index (χ1v) is 5.05. The molecule has 0 aliphatic rings. The number of primary amides is 1. The molecule has 66 valence electrons. The lowest BCUT2D eigenvalue weighted by molar-refractivity contribution is 0.248. The molecule has 0 heterocycles. The summed E-state index contributed by atoms with van der Waals surface area (Å²) in [6.07, 6.45) is 0. The van der Waals surface area contributed by atoms with E-state index in [1.54, 1.807) is 14.2 Å². The highest BCUT2D eigenvalue weighted by atomic mass is 28.3. The number of urea groups is 1. The van der Waals surface area contributed by atoms with Gasteiger partial charge in [0, 0.05) is 26.8 Å². The van der Waals surface area contributed by atoms with Crippen LogP contribution in [-0.4, -0.2) is 36.1 Å². The van der Waals surface area contributed by atoms with Crippen molar-refractivity contribution < 1.29 is 13.6 Å². The maximum atomic E-state index is 10.2. The monoisotopic (exact) mass is 178 g/mol. The molecule has 0 saturated carbocycles. The average molecular weight is 178 g/mol. The molecule has 3 N–H and O–H groups in total. The number of rotatable bonds is 5. The van der Waals surface area contributed by atoms with E-state index < -0.39 is 15.3 Å². The fourth-order valence-electron chi connectivity index (χ4n) is 0.645. The Hall–Kier alpha value is -0.593. The number of nitrogens with one attached hydrogen (secondary N) is 1. The molecule has 0 aromatic carbocycles. The Labute approximate surface area is 67.7 Å². The standard InChI is InChI=1S/C5H14N2O3Si/c1-9-11(10-2)4-3-7-5(6)8/h11H,3-4H2,1-2H3,(H3,6,7,8). The van der Waals surface area contributed by atoms with Crippen molar-refractivity contribution in [2.24, 2.45) is 5.73 Å². The van der Waals surface area contributed by atoms with E-state index in [2.05, 4.69) is 5.32 Å². The van der Waals surface area contributed by atoms with Gasteiger partial charge in [-0.1, -0.05) is 0 Å². The highest BCUT2D eigenvalue weighted by Crippen LogP contribution is 1.91. The molecule has 0 unspecified atom stereocenters. The van der Waals surface area contributed by atoms with Crippen molar-refractivity contribution in [2.75, 3.05) is 20.8 Å². The van der Waals surface area contributed by atoms with E-state index in [4.69, 9.17) is 14.6 Å². The van der Waals surface area contributed by atoms with E-state index >= 15 is 0 Å². The summed E-state index contributed by atoms with van der Waals surface area (Å²) in [6.45, 7) is 0.522. The summed E-state index contributed by atoms with van der Waals surface area (Å²) in [5.74, 6) is 0. The fourth-order valence-corrected chi connectivity index (χ4v) is 1.69. The molecular weight excluding hydrogens is 164 g/mol. The van der Waals surface area contributed by atoms with E-state index in [1.165, 1.54) is 0 Å². The zero-order valence-electron chi connectivity index (χ0n) is 6.79.